The SMILES string of the molecule is Cc1cc(C)c(Nc2cc(Cl)ccc2Cl)c(C)c1. The zero-order chi connectivity index (χ0) is 13.3. The lowest BCUT2D eigenvalue weighted by Gasteiger charge is -2.15. The van der Waals surface area contributed by atoms with E-state index >= 15 is 0 Å². The molecule has 94 valence electrons. The van der Waals surface area contributed by atoms with Crippen LogP contribution in [-0.4, -0.2) is 0 Å². The van der Waals surface area contributed by atoms with E-state index in [1.54, 1.807) is 12.1 Å². The second kappa shape index (κ2) is 5.21. The van der Waals surface area contributed by atoms with E-state index in [1.807, 2.05) is 6.07 Å². The fourth-order valence-corrected chi connectivity index (χ4v) is 2.44. The average molecular weight is 280 g/mol. The van der Waals surface area contributed by atoms with Crippen molar-refractivity contribution in [2.24, 2.45) is 0 Å². The van der Waals surface area contributed by atoms with E-state index in [-0.39, 0.29) is 0 Å². The summed E-state index contributed by atoms with van der Waals surface area (Å²) < 4.78 is 0. The number of benzene rings is 2. The summed E-state index contributed by atoms with van der Waals surface area (Å²) in [5.74, 6) is 0. The fraction of sp³-hybridized carbons (Fsp3) is 0.200. The van der Waals surface area contributed by atoms with E-state index in [4.69, 9.17) is 23.2 Å². The van der Waals surface area contributed by atoms with E-state index in [9.17, 15) is 0 Å². The van der Waals surface area contributed by atoms with Gasteiger partial charge in [0.05, 0.1) is 10.7 Å². The highest BCUT2D eigenvalue weighted by Crippen LogP contribution is 2.31. The van der Waals surface area contributed by atoms with Gasteiger partial charge in [-0.1, -0.05) is 40.9 Å². The maximum absolute atomic E-state index is 6.16. The molecule has 2 rings (SSSR count). The third kappa shape index (κ3) is 2.80. The average Bonchev–Trinajstić information content (AvgIpc) is 2.28. The fourth-order valence-electron chi connectivity index (χ4n) is 2.11. The lowest BCUT2D eigenvalue weighted by Crippen LogP contribution is -1.97. The number of hydrogen-bond donors (Lipinski definition) is 1. The first-order valence-corrected chi connectivity index (χ1v) is 6.53. The van der Waals surface area contributed by atoms with Gasteiger partial charge in [-0.25, -0.2) is 0 Å². The summed E-state index contributed by atoms with van der Waals surface area (Å²) in [7, 11) is 0. The molecular weight excluding hydrogens is 265 g/mol. The number of halogens is 2. The Bertz CT molecular complexity index is 568. The van der Waals surface area contributed by atoms with Gasteiger partial charge in [0.15, 0.2) is 0 Å². The van der Waals surface area contributed by atoms with Crippen LogP contribution in [0, 0.1) is 20.8 Å². The third-order valence-electron chi connectivity index (χ3n) is 2.87. The highest BCUT2D eigenvalue weighted by molar-refractivity contribution is 6.35. The van der Waals surface area contributed by atoms with Crippen molar-refractivity contribution in [2.75, 3.05) is 5.32 Å². The topological polar surface area (TPSA) is 12.0 Å². The van der Waals surface area contributed by atoms with Crippen molar-refractivity contribution in [1.82, 2.24) is 0 Å². The molecule has 0 aliphatic rings. The Morgan fingerprint density at radius 1 is 0.889 bits per heavy atom. The first kappa shape index (κ1) is 13.3. The van der Waals surface area contributed by atoms with Crippen LogP contribution >= 0.6 is 23.2 Å². The zero-order valence-corrected chi connectivity index (χ0v) is 12.2. The van der Waals surface area contributed by atoms with Gasteiger partial charge >= 0.3 is 0 Å². The number of hydrogen-bond acceptors (Lipinski definition) is 1. The molecule has 0 aromatic heterocycles. The Morgan fingerprint density at radius 3 is 2.11 bits per heavy atom. The lowest BCUT2D eigenvalue weighted by atomic mass is 10.0. The van der Waals surface area contributed by atoms with Gasteiger partial charge in [-0.3, -0.25) is 0 Å². The Balaban J connectivity index is 2.43. The van der Waals surface area contributed by atoms with E-state index < -0.39 is 0 Å². The molecule has 2 aromatic rings. The summed E-state index contributed by atoms with van der Waals surface area (Å²) in [4.78, 5) is 0. The lowest BCUT2D eigenvalue weighted by molar-refractivity contribution is 1.31. The van der Waals surface area contributed by atoms with E-state index in [1.165, 1.54) is 16.7 Å². The molecule has 1 N–H and O–H groups in total. The Hall–Kier alpha value is -1.18. The van der Waals surface area contributed by atoms with Crippen molar-refractivity contribution in [3.8, 4) is 0 Å². The smallest absolute Gasteiger partial charge is 0.0642 e. The molecule has 0 atom stereocenters. The molecule has 0 heterocycles. The monoisotopic (exact) mass is 279 g/mol. The van der Waals surface area contributed by atoms with Gasteiger partial charge in [0.1, 0.15) is 0 Å². The van der Waals surface area contributed by atoms with E-state index in [0.717, 1.165) is 11.4 Å². The standard InChI is InChI=1S/C15H15Cl2N/c1-9-6-10(2)15(11(3)7-9)18-14-8-12(16)4-5-13(14)17/h4-8,18H,1-3H3. The molecule has 0 fully saturated rings. The molecule has 0 aliphatic carbocycles. The normalized spacial score (nSPS) is 10.5. The van der Waals surface area contributed by atoms with Crippen LogP contribution in [0.5, 0.6) is 0 Å². The van der Waals surface area contributed by atoms with Crippen LogP contribution in [0.25, 0.3) is 0 Å². The molecule has 0 radical (unpaired) electrons. The van der Waals surface area contributed by atoms with Gasteiger partial charge in [0.25, 0.3) is 0 Å². The van der Waals surface area contributed by atoms with Crippen molar-refractivity contribution in [2.45, 2.75) is 20.8 Å². The molecular formula is C15H15Cl2N. The maximum Gasteiger partial charge on any atom is 0.0642 e. The quantitative estimate of drug-likeness (QED) is 0.748. The molecule has 2 aromatic carbocycles. The van der Waals surface area contributed by atoms with Gasteiger partial charge in [-0.2, -0.15) is 0 Å². The van der Waals surface area contributed by atoms with Crippen LogP contribution in [0.3, 0.4) is 0 Å². The summed E-state index contributed by atoms with van der Waals surface area (Å²) in [6.45, 7) is 6.26. The van der Waals surface area contributed by atoms with E-state index in [2.05, 4.69) is 38.2 Å². The molecule has 1 nitrogen and oxygen atoms in total. The molecule has 0 bridgehead atoms. The predicted octanol–water partition coefficient (Wildman–Crippen LogP) is 5.66. The minimum atomic E-state index is 0.666. The van der Waals surface area contributed by atoms with E-state index in [0.29, 0.717) is 10.0 Å². The second-order valence-electron chi connectivity index (χ2n) is 4.52. The molecule has 0 saturated carbocycles. The Kier molecular flexibility index (Phi) is 3.84. The largest absolute Gasteiger partial charge is 0.354 e. The summed E-state index contributed by atoms with van der Waals surface area (Å²) in [6, 6.07) is 9.71. The summed E-state index contributed by atoms with van der Waals surface area (Å²) in [5.41, 5.74) is 5.57. The first-order valence-electron chi connectivity index (χ1n) is 5.77. The summed E-state index contributed by atoms with van der Waals surface area (Å²) in [6.07, 6.45) is 0. The van der Waals surface area contributed by atoms with Gasteiger partial charge < -0.3 is 5.32 Å². The van der Waals surface area contributed by atoms with Crippen molar-refractivity contribution < 1.29 is 0 Å². The third-order valence-corrected chi connectivity index (χ3v) is 3.43. The van der Waals surface area contributed by atoms with Crippen molar-refractivity contribution >= 4 is 34.6 Å². The van der Waals surface area contributed by atoms with Gasteiger partial charge in [-0.15, -0.1) is 0 Å². The number of nitrogens with one attached hydrogen (secondary N) is 1. The number of aryl methyl sites for hydroxylation is 3. The first-order chi connectivity index (χ1) is 8.47. The minimum absolute atomic E-state index is 0.666. The van der Waals surface area contributed by atoms with Crippen LogP contribution in [0.15, 0.2) is 30.3 Å². The maximum atomic E-state index is 6.16. The highest BCUT2D eigenvalue weighted by Gasteiger charge is 2.07. The Morgan fingerprint density at radius 2 is 1.50 bits per heavy atom. The van der Waals surface area contributed by atoms with Gasteiger partial charge in [0.2, 0.25) is 0 Å². The molecule has 3 heteroatoms. The summed E-state index contributed by atoms with van der Waals surface area (Å²) >= 11 is 12.2. The highest BCUT2D eigenvalue weighted by atomic mass is 35.5. The van der Waals surface area contributed by atoms with Crippen LogP contribution in [-0.2, 0) is 0 Å². The van der Waals surface area contributed by atoms with Crippen molar-refractivity contribution in [3.05, 3.63) is 57.1 Å². The molecule has 0 unspecified atom stereocenters. The van der Waals surface area contributed by atoms with Crippen molar-refractivity contribution in [1.29, 1.82) is 0 Å². The van der Waals surface area contributed by atoms with Crippen molar-refractivity contribution in [3.63, 3.8) is 0 Å². The van der Waals surface area contributed by atoms with Crippen LogP contribution < -0.4 is 5.32 Å². The number of rotatable bonds is 2. The van der Waals surface area contributed by atoms with Crippen LogP contribution in [0.2, 0.25) is 10.0 Å². The minimum Gasteiger partial charge on any atom is -0.354 e. The molecule has 18 heavy (non-hydrogen) atoms. The molecule has 0 spiro atoms. The molecule has 0 saturated heterocycles. The van der Waals surface area contributed by atoms with Gasteiger partial charge in [-0.05, 0) is 50.1 Å². The second-order valence-corrected chi connectivity index (χ2v) is 5.37. The predicted molar refractivity (Wildman–Crippen MR) is 80.4 cm³/mol. The van der Waals surface area contributed by atoms with Crippen LogP contribution in [0.4, 0.5) is 11.4 Å². The molecule has 0 amide bonds. The number of anilines is 2. The zero-order valence-electron chi connectivity index (χ0n) is 10.6. The molecule has 0 aliphatic heterocycles. The Labute approximate surface area is 118 Å². The van der Waals surface area contributed by atoms with Gasteiger partial charge in [0, 0.05) is 10.7 Å². The summed E-state index contributed by atoms with van der Waals surface area (Å²) in [5, 5.41) is 4.70. The van der Waals surface area contributed by atoms with Crippen LogP contribution in [0.1, 0.15) is 16.7 Å².